The molecule has 0 aromatic rings. The average Bonchev–Trinajstić information content (AvgIpc) is 2.82. The summed E-state index contributed by atoms with van der Waals surface area (Å²) in [6.45, 7) is 6.35. The number of rotatable bonds is 5. The summed E-state index contributed by atoms with van der Waals surface area (Å²) in [6.07, 6.45) is 4.96. The van der Waals surface area contributed by atoms with Gasteiger partial charge in [0, 0.05) is 5.54 Å². The van der Waals surface area contributed by atoms with Gasteiger partial charge in [-0.1, -0.05) is 0 Å². The van der Waals surface area contributed by atoms with E-state index in [4.69, 9.17) is 10.5 Å². The molecule has 4 heteroatoms. The Morgan fingerprint density at radius 1 is 1.38 bits per heavy atom. The van der Waals surface area contributed by atoms with Gasteiger partial charge in [-0.15, -0.1) is 0 Å². The first-order valence-electron chi connectivity index (χ1n) is 6.08. The molecule has 16 heavy (non-hydrogen) atoms. The van der Waals surface area contributed by atoms with Gasteiger partial charge in [-0.2, -0.15) is 0 Å². The summed E-state index contributed by atoms with van der Waals surface area (Å²) >= 11 is 0. The monoisotopic (exact) mass is 228 g/mol. The SMILES string of the molecule is CC(C)(C)OC(=O)NC1(CCCCN)CC1. The molecular weight excluding hydrogens is 204 g/mol. The summed E-state index contributed by atoms with van der Waals surface area (Å²) in [5, 5.41) is 2.98. The first-order chi connectivity index (χ1) is 7.37. The van der Waals surface area contributed by atoms with Crippen molar-refractivity contribution in [3.8, 4) is 0 Å². The van der Waals surface area contributed by atoms with Crippen LogP contribution in [-0.4, -0.2) is 23.8 Å². The molecule has 0 unspecified atom stereocenters. The number of unbranched alkanes of at least 4 members (excludes halogenated alkanes) is 1. The molecule has 0 aromatic carbocycles. The van der Waals surface area contributed by atoms with Gasteiger partial charge in [0.15, 0.2) is 0 Å². The Bertz CT molecular complexity index is 242. The van der Waals surface area contributed by atoms with Gasteiger partial charge in [-0.05, 0) is 59.4 Å². The predicted octanol–water partition coefficient (Wildman–Crippen LogP) is 2.17. The fourth-order valence-corrected chi connectivity index (χ4v) is 1.72. The van der Waals surface area contributed by atoms with Gasteiger partial charge in [0.05, 0.1) is 0 Å². The van der Waals surface area contributed by atoms with Crippen LogP contribution in [0.2, 0.25) is 0 Å². The van der Waals surface area contributed by atoms with Crippen molar-refractivity contribution in [3.05, 3.63) is 0 Å². The summed E-state index contributed by atoms with van der Waals surface area (Å²) < 4.78 is 5.25. The molecular formula is C12H24N2O2. The second-order valence-electron chi connectivity index (χ2n) is 5.65. The van der Waals surface area contributed by atoms with Crippen molar-refractivity contribution in [2.24, 2.45) is 5.73 Å². The zero-order valence-corrected chi connectivity index (χ0v) is 10.6. The predicted molar refractivity (Wildman–Crippen MR) is 64.2 cm³/mol. The molecule has 0 radical (unpaired) electrons. The third-order valence-corrected chi connectivity index (χ3v) is 2.73. The fourth-order valence-electron chi connectivity index (χ4n) is 1.72. The number of hydrogen-bond donors (Lipinski definition) is 2. The molecule has 3 N–H and O–H groups in total. The normalized spacial score (nSPS) is 18.0. The van der Waals surface area contributed by atoms with E-state index in [1.54, 1.807) is 0 Å². The standard InChI is InChI=1S/C12H24N2O2/c1-11(2,3)16-10(15)14-12(7-8-12)6-4-5-9-13/h4-9,13H2,1-3H3,(H,14,15). The average molecular weight is 228 g/mol. The van der Waals surface area contributed by atoms with E-state index in [2.05, 4.69) is 5.32 Å². The summed E-state index contributed by atoms with van der Waals surface area (Å²) in [5.74, 6) is 0. The zero-order chi connectivity index (χ0) is 12.2. The lowest BCUT2D eigenvalue weighted by atomic mass is 10.1. The van der Waals surface area contributed by atoms with Crippen LogP contribution < -0.4 is 11.1 Å². The molecule has 0 heterocycles. The molecule has 1 saturated carbocycles. The maximum Gasteiger partial charge on any atom is 0.408 e. The fraction of sp³-hybridized carbons (Fsp3) is 0.917. The van der Waals surface area contributed by atoms with Gasteiger partial charge < -0.3 is 15.8 Å². The van der Waals surface area contributed by atoms with Crippen molar-refractivity contribution in [3.63, 3.8) is 0 Å². The minimum absolute atomic E-state index is 0.0114. The van der Waals surface area contributed by atoms with Crippen molar-refractivity contribution < 1.29 is 9.53 Å². The van der Waals surface area contributed by atoms with Gasteiger partial charge in [0.2, 0.25) is 0 Å². The number of hydrogen-bond acceptors (Lipinski definition) is 3. The van der Waals surface area contributed by atoms with Crippen LogP contribution >= 0.6 is 0 Å². The van der Waals surface area contributed by atoms with Crippen molar-refractivity contribution >= 4 is 6.09 Å². The smallest absolute Gasteiger partial charge is 0.408 e. The number of ether oxygens (including phenoxy) is 1. The van der Waals surface area contributed by atoms with Crippen molar-refractivity contribution in [1.29, 1.82) is 0 Å². The molecule has 0 aliphatic heterocycles. The molecule has 1 fully saturated rings. The second-order valence-corrected chi connectivity index (χ2v) is 5.65. The molecule has 4 nitrogen and oxygen atoms in total. The van der Waals surface area contributed by atoms with Crippen LogP contribution in [0.3, 0.4) is 0 Å². The van der Waals surface area contributed by atoms with E-state index in [0.717, 1.165) is 38.6 Å². The number of carbonyl (C=O) groups is 1. The number of alkyl carbamates (subject to hydrolysis) is 1. The van der Waals surface area contributed by atoms with Crippen LogP contribution in [0.25, 0.3) is 0 Å². The number of nitrogens with one attached hydrogen (secondary N) is 1. The Hall–Kier alpha value is -0.770. The van der Waals surface area contributed by atoms with E-state index < -0.39 is 5.60 Å². The lowest BCUT2D eigenvalue weighted by molar-refractivity contribution is 0.0493. The highest BCUT2D eigenvalue weighted by Gasteiger charge is 2.44. The van der Waals surface area contributed by atoms with Crippen LogP contribution in [0.4, 0.5) is 4.79 Å². The lowest BCUT2D eigenvalue weighted by Gasteiger charge is -2.23. The van der Waals surface area contributed by atoms with E-state index in [9.17, 15) is 4.79 Å². The first kappa shape index (κ1) is 13.3. The lowest BCUT2D eigenvalue weighted by Crippen LogP contribution is -2.40. The molecule has 0 saturated heterocycles. The van der Waals surface area contributed by atoms with E-state index in [1.165, 1.54) is 0 Å². The maximum absolute atomic E-state index is 11.6. The van der Waals surface area contributed by atoms with Gasteiger partial charge in [0.1, 0.15) is 5.60 Å². The van der Waals surface area contributed by atoms with E-state index in [-0.39, 0.29) is 11.6 Å². The molecule has 0 atom stereocenters. The quantitative estimate of drug-likeness (QED) is 0.709. The molecule has 1 rings (SSSR count). The Morgan fingerprint density at radius 2 is 2.00 bits per heavy atom. The van der Waals surface area contributed by atoms with Crippen molar-refractivity contribution in [1.82, 2.24) is 5.32 Å². The summed E-state index contributed by atoms with van der Waals surface area (Å²) in [7, 11) is 0. The number of nitrogens with two attached hydrogens (primary N) is 1. The molecule has 94 valence electrons. The largest absolute Gasteiger partial charge is 0.444 e. The van der Waals surface area contributed by atoms with Gasteiger partial charge in [-0.25, -0.2) is 4.79 Å². The molecule has 0 spiro atoms. The highest BCUT2D eigenvalue weighted by molar-refractivity contribution is 5.69. The van der Waals surface area contributed by atoms with Crippen LogP contribution in [0, 0.1) is 0 Å². The number of carbonyl (C=O) groups excluding carboxylic acids is 1. The Balaban J connectivity index is 2.27. The van der Waals surface area contributed by atoms with Crippen LogP contribution in [-0.2, 0) is 4.74 Å². The highest BCUT2D eigenvalue weighted by atomic mass is 16.6. The molecule has 1 aliphatic rings. The minimum atomic E-state index is -0.419. The molecule has 0 bridgehead atoms. The van der Waals surface area contributed by atoms with E-state index >= 15 is 0 Å². The van der Waals surface area contributed by atoms with Gasteiger partial charge in [0.25, 0.3) is 0 Å². The summed E-state index contributed by atoms with van der Waals surface area (Å²) in [5.41, 5.74) is 5.04. The Kier molecular flexibility index (Phi) is 4.19. The highest BCUT2D eigenvalue weighted by Crippen LogP contribution is 2.40. The van der Waals surface area contributed by atoms with Crippen molar-refractivity contribution in [2.45, 2.75) is 64.0 Å². The molecule has 1 aliphatic carbocycles. The molecule has 0 aromatic heterocycles. The van der Waals surface area contributed by atoms with Gasteiger partial charge >= 0.3 is 6.09 Å². The second kappa shape index (κ2) is 5.04. The summed E-state index contributed by atoms with van der Waals surface area (Å²) in [4.78, 5) is 11.6. The van der Waals surface area contributed by atoms with Crippen LogP contribution in [0.1, 0.15) is 52.9 Å². The van der Waals surface area contributed by atoms with E-state index in [0.29, 0.717) is 0 Å². The molecule has 1 amide bonds. The Labute approximate surface area is 97.9 Å². The number of amides is 1. The van der Waals surface area contributed by atoms with Crippen LogP contribution in [0.15, 0.2) is 0 Å². The summed E-state index contributed by atoms with van der Waals surface area (Å²) in [6, 6.07) is 0. The third-order valence-electron chi connectivity index (χ3n) is 2.73. The third kappa shape index (κ3) is 4.84. The van der Waals surface area contributed by atoms with E-state index in [1.807, 2.05) is 20.8 Å². The minimum Gasteiger partial charge on any atom is -0.444 e. The van der Waals surface area contributed by atoms with Crippen molar-refractivity contribution in [2.75, 3.05) is 6.54 Å². The van der Waals surface area contributed by atoms with Crippen LogP contribution in [0.5, 0.6) is 0 Å². The topological polar surface area (TPSA) is 64.3 Å². The van der Waals surface area contributed by atoms with Gasteiger partial charge in [-0.3, -0.25) is 0 Å². The Morgan fingerprint density at radius 3 is 2.44 bits per heavy atom. The zero-order valence-electron chi connectivity index (χ0n) is 10.6. The first-order valence-corrected chi connectivity index (χ1v) is 6.08. The maximum atomic E-state index is 11.6.